The number of ether oxygens (including phenoxy) is 1. The molecule has 0 saturated carbocycles. The second-order valence-corrected chi connectivity index (χ2v) is 7.16. The van der Waals surface area contributed by atoms with Crippen molar-refractivity contribution in [2.45, 2.75) is 26.4 Å². The Morgan fingerprint density at radius 1 is 0.909 bits per heavy atom. The molecular weight excluding hydrogens is 404 g/mol. The Morgan fingerprint density at radius 3 is 1.73 bits per heavy atom. The lowest BCUT2D eigenvalue weighted by Crippen LogP contribution is -2.27. The third kappa shape index (κ3) is 1.94. The Bertz CT molecular complexity index is 783. The minimum atomic E-state index is -0.707. The molecule has 112 valence electrons. The van der Waals surface area contributed by atoms with Crippen molar-refractivity contribution in [2.24, 2.45) is 0 Å². The van der Waals surface area contributed by atoms with E-state index >= 15 is 0 Å². The molecule has 0 fully saturated rings. The van der Waals surface area contributed by atoms with Crippen LogP contribution in [-0.2, 0) is 10.3 Å². The van der Waals surface area contributed by atoms with Crippen molar-refractivity contribution in [2.75, 3.05) is 7.11 Å². The third-order valence-electron chi connectivity index (χ3n) is 4.40. The molecule has 0 aliphatic heterocycles. The number of hydrogen-bond donors (Lipinski definition) is 0. The van der Waals surface area contributed by atoms with Gasteiger partial charge in [0.1, 0.15) is 0 Å². The van der Waals surface area contributed by atoms with E-state index in [0.29, 0.717) is 0 Å². The molecule has 0 heterocycles. The number of rotatable bonds is 1. The fourth-order valence-corrected chi connectivity index (χ4v) is 4.07. The Hall–Kier alpha value is -1.08. The van der Waals surface area contributed by atoms with Crippen LogP contribution < -0.4 is 0 Å². The van der Waals surface area contributed by atoms with E-state index in [2.05, 4.69) is 81.8 Å². The predicted octanol–water partition coefficient (Wildman–Crippen LogP) is 5.72. The third-order valence-corrected chi connectivity index (χ3v) is 6.12. The predicted molar refractivity (Wildman–Crippen MR) is 98.0 cm³/mol. The van der Waals surface area contributed by atoms with Gasteiger partial charge in [-0.2, -0.15) is 0 Å². The summed E-state index contributed by atoms with van der Waals surface area (Å²) in [5, 5.41) is 0. The molecule has 0 amide bonds. The molecule has 0 spiro atoms. The van der Waals surface area contributed by atoms with Gasteiger partial charge in [0.15, 0.2) is 5.60 Å². The molecule has 0 bridgehead atoms. The maximum Gasteiger partial charge on any atom is 0.181 e. The molecule has 22 heavy (non-hydrogen) atoms. The first-order chi connectivity index (χ1) is 10.5. The Kier molecular flexibility index (Phi) is 3.97. The highest BCUT2D eigenvalue weighted by Gasteiger charge is 2.45. The van der Waals surface area contributed by atoms with Crippen LogP contribution in [0.5, 0.6) is 0 Å². The molecule has 2 aromatic rings. The van der Waals surface area contributed by atoms with Crippen molar-refractivity contribution in [1.82, 2.24) is 0 Å². The zero-order valence-electron chi connectivity index (χ0n) is 13.0. The summed E-state index contributed by atoms with van der Waals surface area (Å²) in [5.74, 6) is 6.41. The smallest absolute Gasteiger partial charge is 0.181 e. The number of halogens is 2. The number of methoxy groups -OCH3 is 1. The average Bonchev–Trinajstić information content (AvgIpc) is 2.79. The van der Waals surface area contributed by atoms with E-state index in [-0.39, 0.29) is 0 Å². The van der Waals surface area contributed by atoms with E-state index in [0.717, 1.165) is 20.1 Å². The van der Waals surface area contributed by atoms with E-state index in [1.54, 1.807) is 7.11 Å². The number of hydrogen-bond acceptors (Lipinski definition) is 1. The van der Waals surface area contributed by atoms with E-state index in [4.69, 9.17) is 4.74 Å². The minimum absolute atomic E-state index is 0.707. The van der Waals surface area contributed by atoms with Crippen LogP contribution in [0.4, 0.5) is 0 Å². The summed E-state index contributed by atoms with van der Waals surface area (Å²) in [6.45, 7) is 6.09. The zero-order valence-corrected chi connectivity index (χ0v) is 16.1. The molecule has 3 rings (SSSR count). The van der Waals surface area contributed by atoms with Crippen molar-refractivity contribution < 1.29 is 4.74 Å². The first-order valence-electron chi connectivity index (χ1n) is 7.06. The topological polar surface area (TPSA) is 9.23 Å². The maximum absolute atomic E-state index is 6.05. The molecule has 1 aliphatic carbocycles. The summed E-state index contributed by atoms with van der Waals surface area (Å²) in [4.78, 5) is 0. The van der Waals surface area contributed by atoms with Crippen molar-refractivity contribution in [3.63, 3.8) is 0 Å². The molecule has 0 radical (unpaired) electrons. The SMILES string of the molecule is CC#CC1(OC)c2c(ccc(Br)c2C)-c2ccc(Br)c(C)c21. The Morgan fingerprint density at radius 2 is 1.36 bits per heavy atom. The summed E-state index contributed by atoms with van der Waals surface area (Å²) in [7, 11) is 1.74. The van der Waals surface area contributed by atoms with Crippen LogP contribution in [0.15, 0.2) is 33.2 Å². The summed E-state index contributed by atoms with van der Waals surface area (Å²) in [6.07, 6.45) is 0. The first-order valence-corrected chi connectivity index (χ1v) is 8.65. The molecule has 0 aromatic heterocycles. The van der Waals surface area contributed by atoms with Crippen LogP contribution >= 0.6 is 31.9 Å². The Balaban J connectivity index is 2.54. The van der Waals surface area contributed by atoms with E-state index in [9.17, 15) is 0 Å². The molecule has 1 nitrogen and oxygen atoms in total. The monoisotopic (exact) mass is 418 g/mol. The van der Waals surface area contributed by atoms with Crippen molar-refractivity contribution in [3.05, 3.63) is 55.5 Å². The molecule has 0 saturated heterocycles. The number of benzene rings is 2. The molecule has 0 unspecified atom stereocenters. The highest BCUT2D eigenvalue weighted by Crippen LogP contribution is 2.53. The highest BCUT2D eigenvalue weighted by molar-refractivity contribution is 9.10. The van der Waals surface area contributed by atoms with Gasteiger partial charge in [-0.05, 0) is 55.2 Å². The van der Waals surface area contributed by atoms with Gasteiger partial charge >= 0.3 is 0 Å². The summed E-state index contributed by atoms with van der Waals surface area (Å²) < 4.78 is 8.21. The van der Waals surface area contributed by atoms with Crippen molar-refractivity contribution in [3.8, 4) is 23.0 Å². The first kappa shape index (κ1) is 15.8. The van der Waals surface area contributed by atoms with Crippen LogP contribution in [0.1, 0.15) is 29.2 Å². The Labute approximate surface area is 148 Å². The largest absolute Gasteiger partial charge is 0.357 e. The molecule has 3 heteroatoms. The fraction of sp³-hybridized carbons (Fsp3) is 0.263. The lowest BCUT2D eigenvalue weighted by atomic mass is 9.87. The maximum atomic E-state index is 6.05. The molecule has 1 aliphatic rings. The van der Waals surface area contributed by atoms with Crippen molar-refractivity contribution in [1.29, 1.82) is 0 Å². The lowest BCUT2D eigenvalue weighted by molar-refractivity contribution is 0.0770. The summed E-state index contributed by atoms with van der Waals surface area (Å²) >= 11 is 7.29. The van der Waals surface area contributed by atoms with Crippen LogP contribution in [0.3, 0.4) is 0 Å². The molecule has 0 N–H and O–H groups in total. The zero-order chi connectivity index (χ0) is 16.1. The van der Waals surface area contributed by atoms with Gasteiger partial charge in [0.2, 0.25) is 0 Å². The summed E-state index contributed by atoms with van der Waals surface area (Å²) in [5.41, 5.74) is 6.35. The van der Waals surface area contributed by atoms with Gasteiger partial charge in [0, 0.05) is 27.2 Å². The fourth-order valence-electron chi connectivity index (χ4n) is 3.41. The van der Waals surface area contributed by atoms with Crippen molar-refractivity contribution >= 4 is 31.9 Å². The van der Waals surface area contributed by atoms with Gasteiger partial charge in [-0.15, -0.1) is 5.92 Å². The van der Waals surface area contributed by atoms with Crippen LogP contribution in [0.2, 0.25) is 0 Å². The highest BCUT2D eigenvalue weighted by atomic mass is 79.9. The molecule has 0 atom stereocenters. The lowest BCUT2D eigenvalue weighted by Gasteiger charge is -2.28. The average molecular weight is 420 g/mol. The molecular formula is C19H16Br2O. The van der Waals surface area contributed by atoms with Gasteiger partial charge in [-0.1, -0.05) is 49.9 Å². The van der Waals surface area contributed by atoms with E-state index < -0.39 is 5.60 Å². The van der Waals surface area contributed by atoms with Crippen LogP contribution in [0, 0.1) is 25.7 Å². The quantitative estimate of drug-likeness (QED) is 0.537. The standard InChI is InChI=1S/C19H16Br2O/c1-5-10-19(22-4)17-11(2)15(20)8-6-13(17)14-7-9-16(21)12(3)18(14)19/h6-9H,1-4H3. The normalized spacial score (nSPS) is 14.1. The van der Waals surface area contributed by atoms with Crippen LogP contribution in [0.25, 0.3) is 11.1 Å². The minimum Gasteiger partial charge on any atom is -0.357 e. The molecule has 2 aromatic carbocycles. The van der Waals surface area contributed by atoms with Crippen LogP contribution in [-0.4, -0.2) is 7.11 Å². The summed E-state index contributed by atoms with van der Waals surface area (Å²) in [6, 6.07) is 8.49. The van der Waals surface area contributed by atoms with E-state index in [1.807, 2.05) is 6.92 Å². The van der Waals surface area contributed by atoms with Gasteiger partial charge in [-0.25, -0.2) is 0 Å². The number of fused-ring (bicyclic) bond motifs is 3. The van der Waals surface area contributed by atoms with E-state index in [1.165, 1.54) is 22.3 Å². The van der Waals surface area contributed by atoms with Gasteiger partial charge in [-0.3, -0.25) is 0 Å². The van der Waals surface area contributed by atoms with Gasteiger partial charge < -0.3 is 4.74 Å². The second kappa shape index (κ2) is 5.53. The van der Waals surface area contributed by atoms with Gasteiger partial charge in [0.25, 0.3) is 0 Å². The van der Waals surface area contributed by atoms with Gasteiger partial charge in [0.05, 0.1) is 0 Å². The second-order valence-electron chi connectivity index (χ2n) is 5.45.